The minimum atomic E-state index is -0.429. The number of nitrogens with one attached hydrogen (secondary N) is 1. The van der Waals surface area contributed by atoms with Crippen LogP contribution in [0.1, 0.15) is 41.6 Å². The van der Waals surface area contributed by atoms with Gasteiger partial charge in [0, 0.05) is 42.3 Å². The summed E-state index contributed by atoms with van der Waals surface area (Å²) >= 11 is 6.16. The highest BCUT2D eigenvalue weighted by Gasteiger charge is 2.42. The van der Waals surface area contributed by atoms with Gasteiger partial charge in [-0.1, -0.05) is 23.7 Å². The van der Waals surface area contributed by atoms with Crippen LogP contribution < -0.4 is 5.32 Å². The molecule has 0 aliphatic carbocycles. The summed E-state index contributed by atoms with van der Waals surface area (Å²) in [7, 11) is 0. The average molecular weight is 435 g/mol. The molecule has 2 aromatic rings. The number of hydrogen-bond donors (Lipinski definition) is 1. The molecule has 0 aromatic heterocycles. The van der Waals surface area contributed by atoms with Crippen LogP contribution in [-0.4, -0.2) is 42.1 Å². The summed E-state index contributed by atoms with van der Waals surface area (Å²) in [5, 5.41) is 3.31. The lowest BCUT2D eigenvalue weighted by atomic mass is 9.88. The molecule has 2 heterocycles. The number of likely N-dealkylation sites (tertiary alicyclic amines) is 1. The van der Waals surface area contributed by atoms with E-state index in [1.807, 2.05) is 0 Å². The minimum Gasteiger partial charge on any atom is -0.370 e. The number of rotatable bonds is 5. The molecule has 4 nitrogen and oxygen atoms in total. The molecule has 160 valence electrons. The highest BCUT2D eigenvalue weighted by atomic mass is 35.5. The van der Waals surface area contributed by atoms with Gasteiger partial charge in [-0.15, -0.1) is 0 Å². The number of piperidine rings is 1. The number of hydrogen-bond acceptors (Lipinski definition) is 3. The van der Waals surface area contributed by atoms with Crippen molar-refractivity contribution in [1.82, 2.24) is 10.2 Å². The Morgan fingerprint density at radius 1 is 1.17 bits per heavy atom. The van der Waals surface area contributed by atoms with Crippen molar-refractivity contribution in [3.8, 4) is 0 Å². The highest BCUT2D eigenvalue weighted by molar-refractivity contribution is 6.31. The van der Waals surface area contributed by atoms with Crippen LogP contribution in [0.5, 0.6) is 0 Å². The average Bonchev–Trinajstić information content (AvgIpc) is 3.13. The van der Waals surface area contributed by atoms with Crippen molar-refractivity contribution in [2.45, 2.75) is 43.9 Å². The number of carbonyl (C=O) groups is 1. The molecular formula is C23H25ClF2N2O2. The van der Waals surface area contributed by atoms with Gasteiger partial charge in [0.05, 0.1) is 11.7 Å². The highest BCUT2D eigenvalue weighted by Crippen LogP contribution is 2.39. The summed E-state index contributed by atoms with van der Waals surface area (Å²) in [4.78, 5) is 14.4. The van der Waals surface area contributed by atoms with Crippen molar-refractivity contribution in [3.63, 3.8) is 0 Å². The molecule has 2 aliphatic heterocycles. The van der Waals surface area contributed by atoms with Gasteiger partial charge in [0.2, 0.25) is 0 Å². The third-order valence-electron chi connectivity index (χ3n) is 6.13. The summed E-state index contributed by atoms with van der Waals surface area (Å²) in [6.45, 7) is 2.53. The number of benzene rings is 2. The van der Waals surface area contributed by atoms with Crippen molar-refractivity contribution >= 4 is 17.5 Å². The zero-order chi connectivity index (χ0) is 21.1. The second-order valence-corrected chi connectivity index (χ2v) is 8.57. The second-order valence-electron chi connectivity index (χ2n) is 8.16. The van der Waals surface area contributed by atoms with E-state index in [4.69, 9.17) is 16.3 Å². The molecule has 4 rings (SSSR count). The molecule has 2 aliphatic rings. The van der Waals surface area contributed by atoms with E-state index in [0.29, 0.717) is 29.2 Å². The first-order chi connectivity index (χ1) is 14.4. The largest absolute Gasteiger partial charge is 0.370 e. The van der Waals surface area contributed by atoms with Crippen molar-refractivity contribution < 1.29 is 18.3 Å². The van der Waals surface area contributed by atoms with Crippen LogP contribution in [0.2, 0.25) is 5.02 Å². The smallest absolute Gasteiger partial charge is 0.251 e. The molecule has 2 saturated heterocycles. The zero-order valence-electron chi connectivity index (χ0n) is 16.7. The van der Waals surface area contributed by atoms with Gasteiger partial charge in [0.1, 0.15) is 11.6 Å². The van der Waals surface area contributed by atoms with E-state index >= 15 is 0 Å². The van der Waals surface area contributed by atoms with E-state index in [-0.39, 0.29) is 23.4 Å². The van der Waals surface area contributed by atoms with E-state index in [1.54, 1.807) is 18.2 Å². The molecule has 1 unspecified atom stereocenters. The number of nitrogens with zero attached hydrogens (tertiary/aromatic N) is 1. The van der Waals surface area contributed by atoms with Crippen molar-refractivity contribution in [2.24, 2.45) is 0 Å². The summed E-state index contributed by atoms with van der Waals surface area (Å²) in [5.41, 5.74) is 0.673. The minimum absolute atomic E-state index is 0.0462. The Balaban J connectivity index is 1.26. The van der Waals surface area contributed by atoms with Crippen molar-refractivity contribution in [2.75, 3.05) is 19.6 Å². The number of amides is 1. The van der Waals surface area contributed by atoms with Gasteiger partial charge in [0.15, 0.2) is 0 Å². The maximum Gasteiger partial charge on any atom is 0.251 e. The van der Waals surface area contributed by atoms with Crippen LogP contribution >= 0.6 is 11.6 Å². The lowest BCUT2D eigenvalue weighted by Gasteiger charge is -2.39. The monoisotopic (exact) mass is 434 g/mol. The van der Waals surface area contributed by atoms with Crippen molar-refractivity contribution in [3.05, 3.63) is 70.2 Å². The summed E-state index contributed by atoms with van der Waals surface area (Å²) < 4.78 is 33.7. The molecule has 2 fully saturated rings. The number of ether oxygens (including phenoxy) is 1. The van der Waals surface area contributed by atoms with Gasteiger partial charge in [-0.2, -0.15) is 0 Å². The van der Waals surface area contributed by atoms with Crippen LogP contribution in [0.4, 0.5) is 8.78 Å². The Labute approximate surface area is 180 Å². The number of halogens is 3. The molecule has 30 heavy (non-hydrogen) atoms. The second kappa shape index (κ2) is 9.00. The van der Waals surface area contributed by atoms with E-state index in [1.165, 1.54) is 24.3 Å². The molecule has 1 atom stereocenters. The maximum absolute atomic E-state index is 14.1. The first-order valence-electron chi connectivity index (χ1n) is 10.3. The molecular weight excluding hydrogens is 410 g/mol. The van der Waals surface area contributed by atoms with Gasteiger partial charge in [0.25, 0.3) is 5.91 Å². The van der Waals surface area contributed by atoms with Gasteiger partial charge in [-0.05, 0) is 56.0 Å². The lowest BCUT2D eigenvalue weighted by Crippen LogP contribution is -2.45. The van der Waals surface area contributed by atoms with E-state index in [9.17, 15) is 13.6 Å². The van der Waals surface area contributed by atoms with E-state index in [2.05, 4.69) is 10.2 Å². The predicted molar refractivity (Wildman–Crippen MR) is 111 cm³/mol. The quantitative estimate of drug-likeness (QED) is 0.750. The molecule has 1 N–H and O–H groups in total. The van der Waals surface area contributed by atoms with Crippen LogP contribution in [0.3, 0.4) is 0 Å². The van der Waals surface area contributed by atoms with Crippen LogP contribution in [0, 0.1) is 11.6 Å². The Morgan fingerprint density at radius 2 is 1.93 bits per heavy atom. The Bertz CT molecular complexity index is 896. The molecule has 0 saturated carbocycles. The third kappa shape index (κ3) is 4.82. The standard InChI is InChI=1S/C23H25ClF2N2O2/c24-20-5-2-6-21(26)19(20)15-28-11-9-23(10-12-28)8-7-18(30-23)14-27-22(29)16-3-1-4-17(25)13-16/h1-6,13,18H,7-12,14-15H2,(H,27,29). The van der Waals surface area contributed by atoms with Crippen LogP contribution in [-0.2, 0) is 11.3 Å². The van der Waals surface area contributed by atoms with Crippen LogP contribution in [0.15, 0.2) is 42.5 Å². The van der Waals surface area contributed by atoms with Gasteiger partial charge in [-0.3, -0.25) is 9.69 Å². The SMILES string of the molecule is O=C(NCC1CCC2(CCN(Cc3c(F)cccc3Cl)CC2)O1)c1cccc(F)c1. The first-order valence-corrected chi connectivity index (χ1v) is 10.7. The maximum atomic E-state index is 14.1. The lowest BCUT2D eigenvalue weighted by molar-refractivity contribution is -0.0765. The fraction of sp³-hybridized carbons (Fsp3) is 0.435. The molecule has 7 heteroatoms. The Kier molecular flexibility index (Phi) is 6.37. The molecule has 0 bridgehead atoms. The normalized spacial score (nSPS) is 21.1. The Morgan fingerprint density at radius 3 is 2.67 bits per heavy atom. The summed E-state index contributed by atoms with van der Waals surface area (Å²) in [6, 6.07) is 10.4. The van der Waals surface area contributed by atoms with Crippen molar-refractivity contribution in [1.29, 1.82) is 0 Å². The molecule has 1 amide bonds. The fourth-order valence-electron chi connectivity index (χ4n) is 4.37. The zero-order valence-corrected chi connectivity index (χ0v) is 17.4. The van der Waals surface area contributed by atoms with E-state index < -0.39 is 5.82 Å². The van der Waals surface area contributed by atoms with E-state index in [0.717, 1.165) is 38.8 Å². The predicted octanol–water partition coefficient (Wildman–Crippen LogP) is 4.56. The Hall–Kier alpha value is -2.02. The van der Waals surface area contributed by atoms with Gasteiger partial charge < -0.3 is 10.1 Å². The third-order valence-corrected chi connectivity index (χ3v) is 6.48. The van der Waals surface area contributed by atoms with Gasteiger partial charge >= 0.3 is 0 Å². The summed E-state index contributed by atoms with van der Waals surface area (Å²) in [5.74, 6) is -0.994. The number of carbonyl (C=O) groups excluding carboxylic acids is 1. The molecule has 2 aromatic carbocycles. The first kappa shape index (κ1) is 21.2. The van der Waals surface area contributed by atoms with Crippen LogP contribution in [0.25, 0.3) is 0 Å². The molecule has 1 spiro atoms. The topological polar surface area (TPSA) is 41.6 Å². The molecule has 0 radical (unpaired) electrons. The fourth-order valence-corrected chi connectivity index (χ4v) is 4.59. The summed E-state index contributed by atoms with van der Waals surface area (Å²) in [6.07, 6.45) is 3.51. The van der Waals surface area contributed by atoms with Gasteiger partial charge in [-0.25, -0.2) is 8.78 Å².